The van der Waals surface area contributed by atoms with Gasteiger partial charge in [-0.15, -0.1) is 0 Å². The Kier molecular flexibility index (Phi) is 20.4. The second kappa shape index (κ2) is 19.0. The maximum Gasteiger partial charge on any atom is 0.333 e. The first-order chi connectivity index (χ1) is 22.8. The van der Waals surface area contributed by atoms with Gasteiger partial charge in [-0.05, 0) is 111 Å². The van der Waals surface area contributed by atoms with Crippen LogP contribution in [0.25, 0.3) is 0 Å². The van der Waals surface area contributed by atoms with Gasteiger partial charge >= 0.3 is 23.9 Å². The zero-order valence-corrected chi connectivity index (χ0v) is 36.8. The van der Waals surface area contributed by atoms with E-state index in [0.29, 0.717) is 0 Å². The van der Waals surface area contributed by atoms with Crippen LogP contribution in [0.5, 0.6) is 0 Å². The van der Waals surface area contributed by atoms with E-state index in [1.165, 1.54) is 0 Å². The van der Waals surface area contributed by atoms with Crippen LogP contribution in [0, 0.1) is 0 Å². The number of hydrogen-bond donors (Lipinski definition) is 8. The first kappa shape index (κ1) is 60.2. The van der Waals surface area contributed by atoms with Gasteiger partial charge in [0, 0.05) is 34.1 Å². The van der Waals surface area contributed by atoms with Crippen molar-refractivity contribution in [3.63, 3.8) is 0 Å². The van der Waals surface area contributed by atoms with Gasteiger partial charge in [0.1, 0.15) is 0 Å². The average molecular weight is 904 g/mol. The molecule has 4 aliphatic heterocycles. The van der Waals surface area contributed by atoms with Gasteiger partial charge in [0.15, 0.2) is 0 Å². The third-order valence-corrected chi connectivity index (χ3v) is 9.85. The Morgan fingerprint density at radius 3 is 0.500 bits per heavy atom. The van der Waals surface area contributed by atoms with Gasteiger partial charge < -0.3 is 52.2 Å². The molecule has 20 heteroatoms. The fourth-order valence-corrected chi connectivity index (χ4v) is 7.00. The van der Waals surface area contributed by atoms with Crippen molar-refractivity contribution in [2.75, 3.05) is 0 Å². The van der Waals surface area contributed by atoms with Crippen molar-refractivity contribution in [1.82, 2.24) is 20.3 Å². The number of hydrogen-bond acceptors (Lipinski definition) is 12. The molecular formula is C36H64Cu2N4O14. The molecule has 0 unspecified atom stereocenters. The van der Waals surface area contributed by atoms with E-state index in [0.717, 1.165) is 20.3 Å². The molecule has 0 aromatic rings. The first-order valence-corrected chi connectivity index (χ1v) is 16.6. The third kappa shape index (κ3) is 11.8. The van der Waals surface area contributed by atoms with E-state index in [1.54, 1.807) is 135 Å². The molecule has 0 atom stereocenters. The summed E-state index contributed by atoms with van der Waals surface area (Å²) in [5.74, 6) is -3.91. The molecule has 0 bridgehead atoms. The second-order valence-corrected chi connectivity index (χ2v) is 17.6. The molecule has 2 radical (unpaired) electrons. The summed E-state index contributed by atoms with van der Waals surface area (Å²) in [6.45, 7) is 27.6. The number of carboxylic acids is 4. The van der Waals surface area contributed by atoms with Gasteiger partial charge in [-0.3, -0.25) is 0 Å². The van der Waals surface area contributed by atoms with Crippen LogP contribution >= 0.6 is 0 Å². The molecule has 4 aliphatic rings. The summed E-state index contributed by atoms with van der Waals surface area (Å²) < 4.78 is 0. The maximum absolute atomic E-state index is 10.8. The smallest absolute Gasteiger partial charge is 0.333 e. The van der Waals surface area contributed by atoms with Crippen LogP contribution < -0.4 is 0 Å². The Morgan fingerprint density at radius 2 is 0.464 bits per heavy atom. The topological polar surface area (TPSA) is 306 Å². The van der Waals surface area contributed by atoms with Crippen molar-refractivity contribution in [3.8, 4) is 0 Å². The van der Waals surface area contributed by atoms with Crippen molar-refractivity contribution >= 4 is 23.9 Å². The van der Waals surface area contributed by atoms with E-state index >= 15 is 0 Å². The Morgan fingerprint density at radius 1 is 0.357 bits per heavy atom. The van der Waals surface area contributed by atoms with E-state index in [4.69, 9.17) is 20.4 Å². The molecule has 0 amide bonds. The van der Waals surface area contributed by atoms with Crippen molar-refractivity contribution in [2.45, 2.75) is 155 Å². The van der Waals surface area contributed by atoms with Crippen molar-refractivity contribution < 1.29 is 106 Å². The predicted octanol–water partition coefficient (Wildman–Crippen LogP) is 3.38. The van der Waals surface area contributed by atoms with Gasteiger partial charge in [0.05, 0.1) is 66.6 Å². The number of nitrogens with zero attached hydrogens (tertiary/aromatic N) is 4. The van der Waals surface area contributed by atoms with Gasteiger partial charge in [0.25, 0.3) is 0 Å². The SMILES string of the molecule is CC1(C)C=C(C(=O)O)C(C)(C)N1O.CC1(C)C=C(C(=O)O)C(C)(C)N1O.CC1(C)C=C(C(=O)O)C(C)(C)N1O.CC1(C)C=C(C(=O)O)C(C)(C)N1O.O.O.[Cu].[Cu]. The first-order valence-electron chi connectivity index (χ1n) is 16.6. The van der Waals surface area contributed by atoms with Gasteiger partial charge in [-0.1, -0.05) is 24.3 Å². The average Bonchev–Trinajstić information content (AvgIpc) is 3.41. The van der Waals surface area contributed by atoms with Crippen LogP contribution in [0.3, 0.4) is 0 Å². The molecular weight excluding hydrogens is 840 g/mol. The number of carboxylic acid groups (broad SMARTS) is 4. The zero-order valence-electron chi connectivity index (χ0n) is 34.9. The zero-order chi connectivity index (χ0) is 41.8. The fraction of sp³-hybridized carbons (Fsp3) is 0.667. The monoisotopic (exact) mass is 902 g/mol. The van der Waals surface area contributed by atoms with Crippen LogP contribution in [-0.2, 0) is 53.3 Å². The van der Waals surface area contributed by atoms with E-state index < -0.39 is 68.2 Å². The number of hydroxylamine groups is 8. The molecule has 18 nitrogen and oxygen atoms in total. The van der Waals surface area contributed by atoms with E-state index in [2.05, 4.69) is 0 Å². The van der Waals surface area contributed by atoms with E-state index in [1.807, 2.05) is 0 Å². The quantitative estimate of drug-likeness (QED) is 0.188. The summed E-state index contributed by atoms with van der Waals surface area (Å²) >= 11 is 0. The maximum atomic E-state index is 10.8. The standard InChI is InChI=1S/4C9H15NO3.2Cu.2H2O/c4*1-8(2)5-6(7(11)12)9(3,4)10(8)13;;;;/h4*5,13H,1-4H3,(H,11,12);;;2*1H2. The number of aliphatic carboxylic acids is 4. The normalized spacial score (nSPS) is 23.9. The molecule has 4 rings (SSSR count). The number of carbonyl (C=O) groups is 4. The van der Waals surface area contributed by atoms with Gasteiger partial charge in [-0.25, -0.2) is 19.2 Å². The molecule has 0 spiro atoms. The van der Waals surface area contributed by atoms with Crippen LogP contribution in [0.2, 0.25) is 0 Å². The van der Waals surface area contributed by atoms with Crippen LogP contribution in [0.15, 0.2) is 46.6 Å². The molecule has 56 heavy (non-hydrogen) atoms. The molecule has 0 fully saturated rings. The minimum absolute atomic E-state index is 0. The van der Waals surface area contributed by atoms with E-state index in [-0.39, 0.29) is 67.4 Å². The minimum Gasteiger partial charge on any atom is -0.478 e. The number of rotatable bonds is 4. The van der Waals surface area contributed by atoms with Crippen molar-refractivity contribution in [3.05, 3.63) is 46.6 Å². The Bertz CT molecular complexity index is 1360. The summed E-state index contributed by atoms with van der Waals surface area (Å²) in [6.07, 6.45) is 6.31. The summed E-state index contributed by atoms with van der Waals surface area (Å²) in [7, 11) is 0. The summed E-state index contributed by atoms with van der Waals surface area (Å²) in [6, 6.07) is 0. The van der Waals surface area contributed by atoms with Crippen LogP contribution in [-0.4, -0.2) is 141 Å². The van der Waals surface area contributed by atoms with Crippen molar-refractivity contribution in [1.29, 1.82) is 0 Å². The Balaban J connectivity index is -0.000000314. The summed E-state index contributed by atoms with van der Waals surface area (Å²) in [4.78, 5) is 43.4. The van der Waals surface area contributed by atoms with E-state index in [9.17, 15) is 40.0 Å². The second-order valence-electron chi connectivity index (χ2n) is 17.6. The molecule has 0 aromatic heterocycles. The van der Waals surface area contributed by atoms with Crippen molar-refractivity contribution in [2.24, 2.45) is 0 Å². The predicted molar refractivity (Wildman–Crippen MR) is 197 cm³/mol. The molecule has 0 saturated carbocycles. The molecule has 0 aromatic carbocycles. The molecule has 12 N–H and O–H groups in total. The molecule has 334 valence electrons. The molecule has 4 heterocycles. The Hall–Kier alpha value is -2.52. The van der Waals surface area contributed by atoms with Crippen LogP contribution in [0.1, 0.15) is 111 Å². The van der Waals surface area contributed by atoms with Gasteiger partial charge in [-0.2, -0.15) is 20.3 Å². The summed E-state index contributed by atoms with van der Waals surface area (Å²) in [5, 5.41) is 78.8. The minimum atomic E-state index is -0.977. The molecule has 0 aliphatic carbocycles. The third-order valence-electron chi connectivity index (χ3n) is 9.85. The Labute approximate surface area is 350 Å². The molecule has 0 saturated heterocycles. The largest absolute Gasteiger partial charge is 0.478 e. The van der Waals surface area contributed by atoms with Gasteiger partial charge in [0.2, 0.25) is 0 Å². The summed E-state index contributed by atoms with van der Waals surface area (Å²) in [5.41, 5.74) is -4.81. The van der Waals surface area contributed by atoms with Crippen LogP contribution in [0.4, 0.5) is 0 Å². The fourth-order valence-electron chi connectivity index (χ4n) is 7.00.